The van der Waals surface area contributed by atoms with Crippen molar-refractivity contribution in [2.75, 3.05) is 25.4 Å². The van der Waals surface area contributed by atoms with Gasteiger partial charge in [-0.15, -0.1) is 11.8 Å². The summed E-state index contributed by atoms with van der Waals surface area (Å²) in [5, 5.41) is 24.2. The monoisotopic (exact) mass is 375 g/mol. The Balaban J connectivity index is 1.94. The van der Waals surface area contributed by atoms with Gasteiger partial charge in [-0.25, -0.2) is 0 Å². The van der Waals surface area contributed by atoms with Gasteiger partial charge in [0.15, 0.2) is 0 Å². The van der Waals surface area contributed by atoms with Gasteiger partial charge in [-0.1, -0.05) is 0 Å². The summed E-state index contributed by atoms with van der Waals surface area (Å²) in [7, 11) is 0. The molecular formula is C14H25N5O5S. The highest BCUT2D eigenvalue weighted by Gasteiger charge is 2.48. The van der Waals surface area contributed by atoms with Gasteiger partial charge in [0.1, 0.15) is 12.1 Å². The maximum atomic E-state index is 12.3. The van der Waals surface area contributed by atoms with Crippen LogP contribution in [0, 0.1) is 0 Å². The molecule has 2 unspecified atom stereocenters. The number of aliphatic hydroxyl groups is 2. The van der Waals surface area contributed by atoms with E-state index in [9.17, 15) is 19.5 Å². The number of likely N-dealkylation sites (tertiary alicyclic amines) is 1. The Morgan fingerprint density at radius 1 is 1.48 bits per heavy atom. The van der Waals surface area contributed by atoms with Crippen LogP contribution in [0.25, 0.3) is 0 Å². The second kappa shape index (κ2) is 7.87. The van der Waals surface area contributed by atoms with Gasteiger partial charge in [0, 0.05) is 18.8 Å². The number of primary amides is 1. The van der Waals surface area contributed by atoms with Crippen LogP contribution in [-0.4, -0.2) is 87.4 Å². The molecule has 0 aromatic heterocycles. The molecule has 3 amide bonds. The molecule has 10 nitrogen and oxygen atoms in total. The summed E-state index contributed by atoms with van der Waals surface area (Å²) in [6.45, 7) is 1.82. The second-order valence-electron chi connectivity index (χ2n) is 6.43. The highest BCUT2D eigenvalue weighted by molar-refractivity contribution is 8.01. The normalized spacial score (nSPS) is 29.4. The lowest BCUT2D eigenvalue weighted by molar-refractivity contribution is -0.132. The average Bonchev–Trinajstić information content (AvgIpc) is 3.17. The van der Waals surface area contributed by atoms with E-state index in [-0.39, 0.29) is 5.91 Å². The molecule has 0 aliphatic carbocycles. The van der Waals surface area contributed by atoms with Gasteiger partial charge < -0.3 is 31.9 Å². The van der Waals surface area contributed by atoms with Crippen LogP contribution in [0.2, 0.25) is 0 Å². The van der Waals surface area contributed by atoms with Gasteiger partial charge in [0.2, 0.25) is 17.7 Å². The number of nitrogens with one attached hydrogen (secondary N) is 2. The third-order valence-electron chi connectivity index (χ3n) is 4.42. The molecule has 0 saturated carbocycles. The molecule has 2 aliphatic heterocycles. The van der Waals surface area contributed by atoms with E-state index in [0.29, 0.717) is 25.3 Å². The summed E-state index contributed by atoms with van der Waals surface area (Å²) in [6.07, 6.45) is -0.454. The zero-order valence-electron chi connectivity index (χ0n) is 14.0. The Bertz CT molecular complexity index is 548. The van der Waals surface area contributed by atoms with Crippen molar-refractivity contribution in [3.05, 3.63) is 0 Å². The molecule has 11 heteroatoms. The number of thioether (sulfide) groups is 1. The Hall–Kier alpha value is -1.40. The van der Waals surface area contributed by atoms with Crippen molar-refractivity contribution < 1.29 is 24.6 Å². The minimum atomic E-state index is -1.15. The van der Waals surface area contributed by atoms with Gasteiger partial charge in [-0.3, -0.25) is 19.7 Å². The predicted octanol–water partition coefficient (Wildman–Crippen LogP) is -3.71. The Labute approximate surface area is 149 Å². The summed E-state index contributed by atoms with van der Waals surface area (Å²) < 4.78 is 0. The van der Waals surface area contributed by atoms with Gasteiger partial charge in [-0.05, 0) is 13.3 Å². The molecule has 1 spiro atoms. The molecule has 0 bridgehead atoms. The summed E-state index contributed by atoms with van der Waals surface area (Å²) in [5.74, 6) is -1.09. The third kappa shape index (κ3) is 4.42. The standard InChI is InChI=1S/C14H25N5O5S/c1-7(21)10(11(16)22)17-12(23)9-5-25-14(18-9)2-3-19(6-14)13(24)8(15)4-20/h7-10,18,20-21H,2-6,15H2,1H3,(H2,16,22)(H,17,23)/t7-,8?,9+,10+,14?/m1/s1. The molecule has 2 rings (SSSR count). The fourth-order valence-electron chi connectivity index (χ4n) is 2.99. The number of hydrogen-bond acceptors (Lipinski definition) is 8. The van der Waals surface area contributed by atoms with Crippen molar-refractivity contribution in [3.8, 4) is 0 Å². The fourth-order valence-corrected chi connectivity index (χ4v) is 4.42. The molecule has 0 aromatic rings. The van der Waals surface area contributed by atoms with Gasteiger partial charge in [0.05, 0.1) is 23.6 Å². The molecule has 2 heterocycles. The number of nitrogens with zero attached hydrogens (tertiary/aromatic N) is 1. The Kier molecular flexibility index (Phi) is 6.27. The highest BCUT2D eigenvalue weighted by Crippen LogP contribution is 2.38. The first kappa shape index (κ1) is 19.9. The highest BCUT2D eigenvalue weighted by atomic mass is 32.2. The first-order valence-electron chi connectivity index (χ1n) is 8.04. The lowest BCUT2D eigenvalue weighted by Crippen LogP contribution is -2.57. The zero-order valence-corrected chi connectivity index (χ0v) is 14.8. The molecule has 25 heavy (non-hydrogen) atoms. The summed E-state index contributed by atoms with van der Waals surface area (Å²) in [4.78, 5) is 36.8. The molecule has 2 fully saturated rings. The van der Waals surface area contributed by atoms with Crippen molar-refractivity contribution in [2.45, 2.75) is 42.4 Å². The van der Waals surface area contributed by atoms with Crippen LogP contribution in [0.4, 0.5) is 0 Å². The number of carbonyl (C=O) groups is 3. The average molecular weight is 375 g/mol. The van der Waals surface area contributed by atoms with Crippen LogP contribution in [0.3, 0.4) is 0 Å². The van der Waals surface area contributed by atoms with Crippen molar-refractivity contribution in [2.24, 2.45) is 11.5 Å². The summed E-state index contributed by atoms with van der Waals surface area (Å²) in [6, 6.07) is -2.66. The topological polar surface area (TPSA) is 171 Å². The number of carbonyl (C=O) groups excluding carboxylic acids is 3. The smallest absolute Gasteiger partial charge is 0.242 e. The minimum Gasteiger partial charge on any atom is -0.394 e. The summed E-state index contributed by atoms with van der Waals surface area (Å²) >= 11 is 1.53. The Morgan fingerprint density at radius 2 is 2.16 bits per heavy atom. The van der Waals surface area contributed by atoms with Crippen LogP contribution in [0.15, 0.2) is 0 Å². The van der Waals surface area contributed by atoms with E-state index in [0.717, 1.165) is 0 Å². The van der Waals surface area contributed by atoms with Crippen LogP contribution < -0.4 is 22.1 Å². The number of aliphatic hydroxyl groups excluding tert-OH is 2. The van der Waals surface area contributed by atoms with Crippen molar-refractivity contribution in [1.82, 2.24) is 15.5 Å². The third-order valence-corrected chi connectivity index (χ3v) is 5.93. The van der Waals surface area contributed by atoms with Crippen molar-refractivity contribution >= 4 is 29.5 Å². The van der Waals surface area contributed by atoms with E-state index < -0.39 is 47.5 Å². The van der Waals surface area contributed by atoms with Crippen molar-refractivity contribution in [1.29, 1.82) is 0 Å². The number of nitrogens with two attached hydrogens (primary N) is 2. The van der Waals surface area contributed by atoms with Crippen LogP contribution in [0.1, 0.15) is 13.3 Å². The molecule has 2 saturated heterocycles. The molecule has 8 N–H and O–H groups in total. The predicted molar refractivity (Wildman–Crippen MR) is 91.2 cm³/mol. The first-order chi connectivity index (χ1) is 11.7. The maximum Gasteiger partial charge on any atom is 0.242 e. The van der Waals surface area contributed by atoms with Gasteiger partial charge in [-0.2, -0.15) is 0 Å². The van der Waals surface area contributed by atoms with Crippen LogP contribution in [0.5, 0.6) is 0 Å². The van der Waals surface area contributed by atoms with E-state index in [2.05, 4.69) is 10.6 Å². The van der Waals surface area contributed by atoms with E-state index in [1.807, 2.05) is 0 Å². The Morgan fingerprint density at radius 3 is 2.72 bits per heavy atom. The molecule has 5 atom stereocenters. The molecule has 2 aliphatic rings. The zero-order chi connectivity index (χ0) is 18.8. The van der Waals surface area contributed by atoms with E-state index in [4.69, 9.17) is 16.6 Å². The number of hydrogen-bond donors (Lipinski definition) is 6. The van der Waals surface area contributed by atoms with E-state index in [1.165, 1.54) is 18.7 Å². The van der Waals surface area contributed by atoms with E-state index in [1.54, 1.807) is 4.90 Å². The largest absolute Gasteiger partial charge is 0.394 e. The molecular weight excluding hydrogens is 350 g/mol. The quantitative estimate of drug-likeness (QED) is 0.275. The lowest BCUT2D eigenvalue weighted by atomic mass is 10.1. The number of amides is 3. The molecule has 142 valence electrons. The lowest BCUT2D eigenvalue weighted by Gasteiger charge is -2.26. The minimum absolute atomic E-state index is 0.322. The molecule has 0 aromatic carbocycles. The van der Waals surface area contributed by atoms with Crippen molar-refractivity contribution in [3.63, 3.8) is 0 Å². The number of rotatable bonds is 6. The second-order valence-corrected chi connectivity index (χ2v) is 7.83. The summed E-state index contributed by atoms with van der Waals surface area (Å²) in [5.41, 5.74) is 10.7. The van der Waals surface area contributed by atoms with Gasteiger partial charge >= 0.3 is 0 Å². The molecule has 0 radical (unpaired) electrons. The van der Waals surface area contributed by atoms with E-state index >= 15 is 0 Å². The maximum absolute atomic E-state index is 12.3. The SMILES string of the molecule is C[C@@H](O)[C@H](NC(=O)[C@@H]1CSC2(CCN(C(=O)C(N)CO)C2)N1)C(N)=O. The fraction of sp³-hybridized carbons (Fsp3) is 0.786. The van der Waals surface area contributed by atoms with Crippen LogP contribution in [-0.2, 0) is 14.4 Å². The van der Waals surface area contributed by atoms with Gasteiger partial charge in [0.25, 0.3) is 0 Å². The first-order valence-corrected chi connectivity index (χ1v) is 9.02. The van der Waals surface area contributed by atoms with Crippen LogP contribution >= 0.6 is 11.8 Å².